The van der Waals surface area contributed by atoms with Gasteiger partial charge in [0.2, 0.25) is 0 Å². The minimum absolute atomic E-state index is 0. The maximum atomic E-state index is 5.99. The highest BCUT2D eigenvalue weighted by Gasteiger charge is 2.04. The Labute approximate surface area is 92.4 Å². The summed E-state index contributed by atoms with van der Waals surface area (Å²) in [5.74, 6) is 0. The molecule has 1 nitrogen and oxygen atoms in total. The van der Waals surface area contributed by atoms with E-state index in [9.17, 15) is 0 Å². The number of benzene rings is 1. The zero-order chi connectivity index (χ0) is 9.84. The predicted molar refractivity (Wildman–Crippen MR) is 64.8 cm³/mol. The number of aryl methyl sites for hydroxylation is 1. The second-order valence-electron chi connectivity index (χ2n) is 3.68. The van der Waals surface area contributed by atoms with Crippen molar-refractivity contribution in [3.05, 3.63) is 47.5 Å². The van der Waals surface area contributed by atoms with Crippen LogP contribution >= 0.6 is 12.4 Å². The maximum absolute atomic E-state index is 5.99. The lowest BCUT2D eigenvalue weighted by Gasteiger charge is -2.11. The minimum atomic E-state index is 0. The highest BCUT2D eigenvalue weighted by molar-refractivity contribution is 5.85. The van der Waals surface area contributed by atoms with Crippen molar-refractivity contribution in [3.63, 3.8) is 0 Å². The Morgan fingerprint density at radius 2 is 1.86 bits per heavy atom. The van der Waals surface area contributed by atoms with E-state index in [0.29, 0.717) is 0 Å². The van der Waals surface area contributed by atoms with Gasteiger partial charge in [0.05, 0.1) is 0 Å². The number of hydrogen-bond donors (Lipinski definition) is 1. The van der Waals surface area contributed by atoms with Gasteiger partial charge in [0.25, 0.3) is 0 Å². The van der Waals surface area contributed by atoms with Gasteiger partial charge in [-0.05, 0) is 25.8 Å². The Balaban J connectivity index is 0.00000169. The van der Waals surface area contributed by atoms with Gasteiger partial charge in [0.15, 0.2) is 0 Å². The number of halogens is 1. The van der Waals surface area contributed by atoms with E-state index in [1.807, 2.05) is 6.92 Å². The molecule has 0 aliphatic rings. The van der Waals surface area contributed by atoms with Gasteiger partial charge in [-0.25, -0.2) is 0 Å². The molecule has 2 heteroatoms. The summed E-state index contributed by atoms with van der Waals surface area (Å²) in [6.45, 7) is 7.94. The third kappa shape index (κ3) is 3.95. The summed E-state index contributed by atoms with van der Waals surface area (Å²) in [6.07, 6.45) is 0.864. The van der Waals surface area contributed by atoms with Crippen molar-refractivity contribution in [2.45, 2.75) is 26.3 Å². The van der Waals surface area contributed by atoms with Crippen LogP contribution in [0.5, 0.6) is 0 Å². The average molecular weight is 212 g/mol. The fraction of sp³-hybridized carbons (Fsp3) is 0.333. The van der Waals surface area contributed by atoms with Gasteiger partial charge in [-0.3, -0.25) is 0 Å². The first-order valence-electron chi connectivity index (χ1n) is 4.56. The molecule has 0 radical (unpaired) electrons. The lowest BCUT2D eigenvalue weighted by molar-refractivity contribution is 0.717. The summed E-state index contributed by atoms with van der Waals surface area (Å²) in [6, 6.07) is 8.45. The molecule has 0 fully saturated rings. The van der Waals surface area contributed by atoms with Gasteiger partial charge in [-0.15, -0.1) is 19.0 Å². The van der Waals surface area contributed by atoms with Crippen molar-refractivity contribution in [1.82, 2.24) is 0 Å². The van der Waals surface area contributed by atoms with Crippen LogP contribution in [0, 0.1) is 6.92 Å². The largest absolute Gasteiger partial charge is 0.324 e. The first kappa shape index (κ1) is 13.2. The van der Waals surface area contributed by atoms with Crippen molar-refractivity contribution < 1.29 is 0 Å². The molecule has 78 valence electrons. The van der Waals surface area contributed by atoms with E-state index >= 15 is 0 Å². The Bertz CT molecular complexity index is 290. The maximum Gasteiger partial charge on any atom is 0.0332 e. The molecule has 14 heavy (non-hydrogen) atoms. The van der Waals surface area contributed by atoms with E-state index in [1.165, 1.54) is 11.1 Å². The van der Waals surface area contributed by atoms with Crippen LogP contribution in [-0.4, -0.2) is 0 Å². The van der Waals surface area contributed by atoms with Crippen LogP contribution in [0.1, 0.15) is 30.5 Å². The standard InChI is InChI=1S/C12H17N.ClH/c1-9(2)8-12(13)11-6-4-10(3)5-7-11;/h4-7,12H,1,8,13H2,2-3H3;1H/t12-;/m1./s1. The second-order valence-corrected chi connectivity index (χ2v) is 3.68. The van der Waals surface area contributed by atoms with Gasteiger partial charge in [-0.1, -0.05) is 35.4 Å². The predicted octanol–water partition coefficient (Wildman–Crippen LogP) is 3.38. The lowest BCUT2D eigenvalue weighted by atomic mass is 10.0. The molecule has 0 saturated heterocycles. The molecule has 2 N–H and O–H groups in total. The molecule has 0 bridgehead atoms. The van der Waals surface area contributed by atoms with Crippen LogP contribution in [0.25, 0.3) is 0 Å². The highest BCUT2D eigenvalue weighted by atomic mass is 35.5. The molecule has 0 aromatic heterocycles. The van der Waals surface area contributed by atoms with Crippen LogP contribution in [0.2, 0.25) is 0 Å². The van der Waals surface area contributed by atoms with E-state index < -0.39 is 0 Å². The monoisotopic (exact) mass is 211 g/mol. The van der Waals surface area contributed by atoms with E-state index in [0.717, 1.165) is 12.0 Å². The molecule has 1 aromatic rings. The minimum Gasteiger partial charge on any atom is -0.324 e. The van der Waals surface area contributed by atoms with Crippen molar-refractivity contribution >= 4 is 12.4 Å². The first-order chi connectivity index (χ1) is 6.09. The molecular formula is C12H18ClN. The zero-order valence-corrected chi connectivity index (χ0v) is 9.60. The molecule has 0 unspecified atom stereocenters. The number of nitrogens with two attached hydrogens (primary N) is 1. The van der Waals surface area contributed by atoms with E-state index in [-0.39, 0.29) is 18.4 Å². The summed E-state index contributed by atoms with van der Waals surface area (Å²) in [5.41, 5.74) is 9.58. The SMILES string of the molecule is C=C(C)C[C@@H](N)c1ccc(C)cc1.Cl. The third-order valence-corrected chi connectivity index (χ3v) is 2.07. The highest BCUT2D eigenvalue weighted by Crippen LogP contribution is 2.17. The van der Waals surface area contributed by atoms with Gasteiger partial charge in [0, 0.05) is 6.04 Å². The molecule has 1 aromatic carbocycles. The second kappa shape index (κ2) is 5.84. The molecule has 0 aliphatic heterocycles. The molecule has 1 rings (SSSR count). The molecule has 0 heterocycles. The van der Waals surface area contributed by atoms with Crippen LogP contribution in [0.4, 0.5) is 0 Å². The van der Waals surface area contributed by atoms with Crippen LogP contribution in [0.3, 0.4) is 0 Å². The molecule has 1 atom stereocenters. The number of rotatable bonds is 3. The Kier molecular flexibility index (Phi) is 5.51. The smallest absolute Gasteiger partial charge is 0.0332 e. The molecule has 0 spiro atoms. The number of hydrogen-bond acceptors (Lipinski definition) is 1. The third-order valence-electron chi connectivity index (χ3n) is 2.07. The van der Waals surface area contributed by atoms with Crippen LogP contribution in [0.15, 0.2) is 36.4 Å². The van der Waals surface area contributed by atoms with Crippen molar-refractivity contribution in [3.8, 4) is 0 Å². The fourth-order valence-electron chi connectivity index (χ4n) is 1.31. The van der Waals surface area contributed by atoms with Gasteiger partial charge in [-0.2, -0.15) is 0 Å². The van der Waals surface area contributed by atoms with Crippen molar-refractivity contribution in [2.75, 3.05) is 0 Å². The van der Waals surface area contributed by atoms with Gasteiger partial charge in [0.1, 0.15) is 0 Å². The van der Waals surface area contributed by atoms with E-state index in [2.05, 4.69) is 37.8 Å². The topological polar surface area (TPSA) is 26.0 Å². The zero-order valence-electron chi connectivity index (χ0n) is 8.79. The average Bonchev–Trinajstić information content (AvgIpc) is 2.04. The van der Waals surface area contributed by atoms with Gasteiger partial charge < -0.3 is 5.73 Å². The molecule has 0 saturated carbocycles. The molecular weight excluding hydrogens is 194 g/mol. The first-order valence-corrected chi connectivity index (χ1v) is 4.56. The summed E-state index contributed by atoms with van der Waals surface area (Å²) in [7, 11) is 0. The summed E-state index contributed by atoms with van der Waals surface area (Å²) in [4.78, 5) is 0. The molecule has 0 aliphatic carbocycles. The quantitative estimate of drug-likeness (QED) is 0.763. The fourth-order valence-corrected chi connectivity index (χ4v) is 1.31. The Morgan fingerprint density at radius 1 is 1.36 bits per heavy atom. The van der Waals surface area contributed by atoms with Crippen LogP contribution in [-0.2, 0) is 0 Å². The summed E-state index contributed by atoms with van der Waals surface area (Å²) in [5, 5.41) is 0. The molecule has 0 amide bonds. The Hall–Kier alpha value is -0.790. The van der Waals surface area contributed by atoms with Crippen molar-refractivity contribution in [1.29, 1.82) is 0 Å². The van der Waals surface area contributed by atoms with Crippen molar-refractivity contribution in [2.24, 2.45) is 5.73 Å². The van der Waals surface area contributed by atoms with Crippen LogP contribution < -0.4 is 5.73 Å². The Morgan fingerprint density at radius 3 is 2.29 bits per heavy atom. The van der Waals surface area contributed by atoms with E-state index in [4.69, 9.17) is 5.73 Å². The summed E-state index contributed by atoms with van der Waals surface area (Å²) >= 11 is 0. The van der Waals surface area contributed by atoms with E-state index in [1.54, 1.807) is 0 Å². The summed E-state index contributed by atoms with van der Waals surface area (Å²) < 4.78 is 0. The van der Waals surface area contributed by atoms with Gasteiger partial charge >= 0.3 is 0 Å². The lowest BCUT2D eigenvalue weighted by Crippen LogP contribution is -2.10. The normalized spacial score (nSPS) is 11.6.